The van der Waals surface area contributed by atoms with Crippen LogP contribution in [0.4, 0.5) is 17.6 Å². The number of halogens is 4. The molecule has 2 aromatic rings. The number of nitrogens with zero attached hydrogens (tertiary/aromatic N) is 1. The van der Waals surface area contributed by atoms with Crippen molar-refractivity contribution in [2.24, 2.45) is 0 Å². The van der Waals surface area contributed by atoms with Crippen molar-refractivity contribution in [1.29, 1.82) is 0 Å². The van der Waals surface area contributed by atoms with E-state index in [1.807, 2.05) is 0 Å². The van der Waals surface area contributed by atoms with E-state index in [-0.39, 0.29) is 12.1 Å². The Kier molecular flexibility index (Phi) is 2.87. The van der Waals surface area contributed by atoms with Gasteiger partial charge in [-0.25, -0.2) is 17.6 Å². The van der Waals surface area contributed by atoms with Crippen molar-refractivity contribution >= 4 is 0 Å². The van der Waals surface area contributed by atoms with Crippen molar-refractivity contribution in [3.63, 3.8) is 0 Å². The number of rotatable bonds is 2. The van der Waals surface area contributed by atoms with Gasteiger partial charge in [0.15, 0.2) is 23.3 Å². The zero-order valence-corrected chi connectivity index (χ0v) is 8.82. The number of benzene rings is 1. The number of aromatic nitrogens is 2. The van der Waals surface area contributed by atoms with Crippen LogP contribution in [-0.2, 0) is 6.42 Å². The van der Waals surface area contributed by atoms with Gasteiger partial charge in [0.25, 0.3) is 0 Å². The molecule has 0 atom stereocenters. The van der Waals surface area contributed by atoms with Gasteiger partial charge >= 0.3 is 0 Å². The third-order valence-electron chi connectivity index (χ3n) is 2.48. The molecule has 2 rings (SSSR count). The second kappa shape index (κ2) is 4.20. The van der Waals surface area contributed by atoms with Crippen molar-refractivity contribution in [1.82, 2.24) is 10.2 Å². The van der Waals surface area contributed by atoms with E-state index in [1.165, 1.54) is 19.2 Å². The fraction of sp³-hybridized carbons (Fsp3) is 0.182. The molecule has 0 saturated heterocycles. The van der Waals surface area contributed by atoms with Gasteiger partial charge < -0.3 is 0 Å². The van der Waals surface area contributed by atoms with Gasteiger partial charge in [-0.2, -0.15) is 5.10 Å². The summed E-state index contributed by atoms with van der Waals surface area (Å²) in [5.74, 6) is -5.55. The molecule has 0 bridgehead atoms. The van der Waals surface area contributed by atoms with Crippen LogP contribution in [0.2, 0.25) is 0 Å². The van der Waals surface area contributed by atoms with Crippen LogP contribution in [-0.4, -0.2) is 10.2 Å². The third kappa shape index (κ3) is 1.69. The maximum Gasteiger partial charge on any atom is 0.171 e. The first-order valence-electron chi connectivity index (χ1n) is 4.92. The van der Waals surface area contributed by atoms with Crippen LogP contribution >= 0.6 is 0 Å². The third-order valence-corrected chi connectivity index (χ3v) is 2.48. The molecular weight excluding hydrogens is 236 g/mol. The summed E-state index contributed by atoms with van der Waals surface area (Å²) in [6.07, 6.45) is 1.10. The number of aromatic amines is 1. The standard InChI is InChI=1S/C11H8F4N2/c1-2-5-8(12)10(14)7(11(15)9(5)13)6-3-4-16-17-6/h3-4H,2H2,1H3,(H,16,17). The lowest BCUT2D eigenvalue weighted by Crippen LogP contribution is -2.05. The number of nitrogens with one attached hydrogen (secondary N) is 1. The second-order valence-corrected chi connectivity index (χ2v) is 3.43. The van der Waals surface area contributed by atoms with Crippen molar-refractivity contribution in [2.75, 3.05) is 0 Å². The van der Waals surface area contributed by atoms with E-state index in [9.17, 15) is 17.6 Å². The molecule has 0 fully saturated rings. The van der Waals surface area contributed by atoms with Gasteiger partial charge in [0.1, 0.15) is 0 Å². The Balaban J connectivity index is 2.78. The molecule has 0 spiro atoms. The highest BCUT2D eigenvalue weighted by Gasteiger charge is 2.25. The average Bonchev–Trinajstić information content (AvgIpc) is 2.81. The van der Waals surface area contributed by atoms with Crippen molar-refractivity contribution < 1.29 is 17.6 Å². The zero-order valence-electron chi connectivity index (χ0n) is 8.82. The van der Waals surface area contributed by atoms with Gasteiger partial charge in [-0.05, 0) is 12.5 Å². The van der Waals surface area contributed by atoms with Gasteiger partial charge in [-0.15, -0.1) is 0 Å². The maximum atomic E-state index is 13.6. The molecule has 0 aliphatic heterocycles. The first kappa shape index (κ1) is 11.6. The van der Waals surface area contributed by atoms with Crippen molar-refractivity contribution in [3.8, 4) is 11.3 Å². The Bertz CT molecular complexity index is 520. The fourth-order valence-corrected chi connectivity index (χ4v) is 1.62. The van der Waals surface area contributed by atoms with Crippen molar-refractivity contribution in [2.45, 2.75) is 13.3 Å². The molecule has 90 valence electrons. The highest BCUT2D eigenvalue weighted by atomic mass is 19.2. The molecule has 2 nitrogen and oxygen atoms in total. The minimum atomic E-state index is -1.41. The van der Waals surface area contributed by atoms with E-state index in [4.69, 9.17) is 0 Å². The topological polar surface area (TPSA) is 28.7 Å². The molecule has 1 aromatic heterocycles. The summed E-state index contributed by atoms with van der Waals surface area (Å²) in [5.41, 5.74) is -1.47. The fourth-order valence-electron chi connectivity index (χ4n) is 1.62. The Morgan fingerprint density at radius 2 is 1.65 bits per heavy atom. The summed E-state index contributed by atoms with van der Waals surface area (Å²) in [5, 5.41) is 5.74. The van der Waals surface area contributed by atoms with Crippen LogP contribution in [0.25, 0.3) is 11.3 Å². The number of H-pyrrole nitrogens is 1. The Labute approximate surface area is 94.3 Å². The number of hydrogen-bond donors (Lipinski definition) is 1. The normalized spacial score (nSPS) is 10.9. The van der Waals surface area contributed by atoms with Gasteiger partial charge in [-0.3, -0.25) is 5.10 Å². The quantitative estimate of drug-likeness (QED) is 0.637. The molecule has 17 heavy (non-hydrogen) atoms. The molecule has 1 heterocycles. The molecule has 0 unspecified atom stereocenters. The average molecular weight is 244 g/mol. The Morgan fingerprint density at radius 3 is 2.06 bits per heavy atom. The molecule has 0 aliphatic rings. The second-order valence-electron chi connectivity index (χ2n) is 3.43. The van der Waals surface area contributed by atoms with Gasteiger partial charge in [0, 0.05) is 11.8 Å². The van der Waals surface area contributed by atoms with E-state index >= 15 is 0 Å². The molecule has 0 radical (unpaired) electrons. The smallest absolute Gasteiger partial charge is 0.171 e. The van der Waals surface area contributed by atoms with Crippen LogP contribution in [0.5, 0.6) is 0 Å². The first-order valence-corrected chi connectivity index (χ1v) is 4.92. The zero-order chi connectivity index (χ0) is 12.6. The molecule has 0 amide bonds. The van der Waals surface area contributed by atoms with E-state index in [0.29, 0.717) is 0 Å². The molecule has 0 aliphatic carbocycles. The van der Waals surface area contributed by atoms with Gasteiger partial charge in [-0.1, -0.05) is 6.92 Å². The predicted molar refractivity (Wildman–Crippen MR) is 53.2 cm³/mol. The molecule has 1 aromatic carbocycles. The van der Waals surface area contributed by atoms with E-state index in [0.717, 1.165) is 0 Å². The van der Waals surface area contributed by atoms with Crippen LogP contribution in [0.15, 0.2) is 12.3 Å². The van der Waals surface area contributed by atoms with Crippen LogP contribution in [0.1, 0.15) is 12.5 Å². The monoisotopic (exact) mass is 244 g/mol. The lowest BCUT2D eigenvalue weighted by Gasteiger charge is -2.09. The van der Waals surface area contributed by atoms with E-state index in [1.54, 1.807) is 0 Å². The van der Waals surface area contributed by atoms with Crippen LogP contribution in [0.3, 0.4) is 0 Å². The molecular formula is C11H8F4N2. The summed E-state index contributed by atoms with van der Waals surface area (Å²) < 4.78 is 54.2. The highest BCUT2D eigenvalue weighted by Crippen LogP contribution is 2.30. The molecule has 6 heteroatoms. The van der Waals surface area contributed by atoms with E-state index < -0.39 is 34.4 Å². The largest absolute Gasteiger partial charge is 0.278 e. The van der Waals surface area contributed by atoms with Gasteiger partial charge in [0.05, 0.1) is 11.3 Å². The number of hydrogen-bond acceptors (Lipinski definition) is 1. The lowest BCUT2D eigenvalue weighted by molar-refractivity contribution is 0.444. The summed E-state index contributed by atoms with van der Waals surface area (Å²) in [6.45, 7) is 1.41. The summed E-state index contributed by atoms with van der Waals surface area (Å²) in [7, 11) is 0. The minimum Gasteiger partial charge on any atom is -0.278 e. The maximum absolute atomic E-state index is 13.6. The highest BCUT2D eigenvalue weighted by molar-refractivity contribution is 5.61. The van der Waals surface area contributed by atoms with E-state index in [2.05, 4.69) is 10.2 Å². The Morgan fingerprint density at radius 1 is 1.06 bits per heavy atom. The van der Waals surface area contributed by atoms with Crippen LogP contribution < -0.4 is 0 Å². The summed E-state index contributed by atoms with van der Waals surface area (Å²) >= 11 is 0. The summed E-state index contributed by atoms with van der Waals surface area (Å²) in [4.78, 5) is 0. The lowest BCUT2D eigenvalue weighted by atomic mass is 10.0. The molecule has 0 saturated carbocycles. The first-order chi connectivity index (χ1) is 8.07. The molecule has 1 N–H and O–H groups in total. The predicted octanol–water partition coefficient (Wildman–Crippen LogP) is 3.20. The minimum absolute atomic E-state index is 0.111. The van der Waals surface area contributed by atoms with Gasteiger partial charge in [0.2, 0.25) is 0 Å². The summed E-state index contributed by atoms with van der Waals surface area (Å²) in [6, 6.07) is 1.23. The SMILES string of the molecule is CCc1c(F)c(F)c(-c2ccn[nH]2)c(F)c1F. The van der Waals surface area contributed by atoms with Crippen LogP contribution in [0, 0.1) is 23.3 Å². The van der Waals surface area contributed by atoms with Crippen molar-refractivity contribution in [3.05, 3.63) is 41.1 Å². The Hall–Kier alpha value is -1.85.